The lowest BCUT2D eigenvalue weighted by molar-refractivity contribution is 0.00725. The van der Waals surface area contributed by atoms with E-state index in [0.717, 1.165) is 35.5 Å². The molecule has 0 saturated heterocycles. The van der Waals surface area contributed by atoms with Gasteiger partial charge in [-0.3, -0.25) is 0 Å². The Morgan fingerprint density at radius 1 is 1.22 bits per heavy atom. The largest absolute Gasteiger partial charge is 0.598 e. The van der Waals surface area contributed by atoms with E-state index >= 15 is 0 Å². The summed E-state index contributed by atoms with van der Waals surface area (Å²) < 4.78 is 51.8. The average Bonchev–Trinajstić information content (AvgIpc) is 3.55. The molecule has 37 heavy (non-hydrogen) atoms. The number of alkyl halides is 2. The summed E-state index contributed by atoms with van der Waals surface area (Å²) >= 11 is -1.48. The van der Waals surface area contributed by atoms with E-state index in [2.05, 4.69) is 30.4 Å². The third kappa shape index (κ3) is 8.22. The topological polar surface area (TPSA) is 88.2 Å². The SMILES string of the molecule is CC(C)(C[C@H](N[S+]([O-])C(C)(C)C)c1nc2ccc([C@H](N)C3CC3)cc2n1COCC[Si](C)(C)C)C(F)F. The molecule has 3 N–H and O–H groups in total. The molecule has 1 unspecified atom stereocenters. The first kappa shape index (κ1) is 30.5. The summed E-state index contributed by atoms with van der Waals surface area (Å²) in [5.41, 5.74) is 7.86. The first-order valence-electron chi connectivity index (χ1n) is 13.3. The van der Waals surface area contributed by atoms with Crippen molar-refractivity contribution in [2.45, 2.75) is 110 Å². The van der Waals surface area contributed by atoms with Gasteiger partial charge in [0, 0.05) is 37.5 Å². The molecule has 1 aromatic heterocycles. The number of aromatic nitrogens is 2. The first-order chi connectivity index (χ1) is 17.0. The molecule has 1 fully saturated rings. The van der Waals surface area contributed by atoms with Crippen molar-refractivity contribution in [1.29, 1.82) is 0 Å². The van der Waals surface area contributed by atoms with Gasteiger partial charge in [0.05, 0.1) is 11.0 Å². The number of ether oxygens (including phenoxy) is 1. The summed E-state index contributed by atoms with van der Waals surface area (Å²) in [6.45, 7) is 16.4. The van der Waals surface area contributed by atoms with Gasteiger partial charge in [-0.05, 0) is 69.7 Å². The van der Waals surface area contributed by atoms with Crippen LogP contribution in [0.25, 0.3) is 11.0 Å². The molecular formula is C27H46F2N4O2SSi. The van der Waals surface area contributed by atoms with E-state index in [0.29, 0.717) is 18.3 Å². The highest BCUT2D eigenvalue weighted by Crippen LogP contribution is 2.41. The van der Waals surface area contributed by atoms with Crippen molar-refractivity contribution in [1.82, 2.24) is 14.3 Å². The van der Waals surface area contributed by atoms with Crippen molar-refractivity contribution >= 4 is 30.5 Å². The second kappa shape index (κ2) is 11.6. The molecule has 3 rings (SSSR count). The van der Waals surface area contributed by atoms with Gasteiger partial charge in [0.25, 0.3) is 0 Å². The van der Waals surface area contributed by atoms with Crippen LogP contribution in [0.4, 0.5) is 8.78 Å². The molecule has 0 bridgehead atoms. The van der Waals surface area contributed by atoms with E-state index in [4.69, 9.17) is 15.5 Å². The fourth-order valence-corrected chi connectivity index (χ4v) is 5.69. The molecule has 3 atom stereocenters. The van der Waals surface area contributed by atoms with Crippen LogP contribution in [0, 0.1) is 11.3 Å². The maximum Gasteiger partial charge on any atom is 0.243 e. The highest BCUT2D eigenvalue weighted by molar-refractivity contribution is 7.90. The third-order valence-corrected chi connectivity index (χ3v) is 10.3. The summed E-state index contributed by atoms with van der Waals surface area (Å²) in [4.78, 5) is 4.89. The Morgan fingerprint density at radius 3 is 2.41 bits per heavy atom. The Morgan fingerprint density at radius 2 is 1.86 bits per heavy atom. The van der Waals surface area contributed by atoms with Crippen LogP contribution in [0.3, 0.4) is 0 Å². The van der Waals surface area contributed by atoms with E-state index in [1.807, 2.05) is 37.5 Å². The Labute approximate surface area is 225 Å². The van der Waals surface area contributed by atoms with Gasteiger partial charge >= 0.3 is 0 Å². The number of imidazole rings is 1. The quantitative estimate of drug-likeness (QED) is 0.166. The van der Waals surface area contributed by atoms with Crippen molar-refractivity contribution < 1.29 is 18.1 Å². The third-order valence-electron chi connectivity index (χ3n) is 6.97. The van der Waals surface area contributed by atoms with Crippen LogP contribution in [0.2, 0.25) is 25.7 Å². The van der Waals surface area contributed by atoms with Crippen molar-refractivity contribution in [3.63, 3.8) is 0 Å². The molecule has 0 amide bonds. The van der Waals surface area contributed by atoms with Gasteiger partial charge in [-0.2, -0.15) is 0 Å². The molecule has 1 saturated carbocycles. The van der Waals surface area contributed by atoms with Crippen LogP contribution in [-0.4, -0.2) is 40.0 Å². The lowest BCUT2D eigenvalue weighted by Crippen LogP contribution is -2.43. The van der Waals surface area contributed by atoms with Crippen LogP contribution >= 0.6 is 0 Å². The summed E-state index contributed by atoms with van der Waals surface area (Å²) in [5.74, 6) is 1.06. The Balaban J connectivity index is 2.05. The van der Waals surface area contributed by atoms with E-state index in [1.165, 1.54) is 13.8 Å². The molecule has 0 radical (unpaired) electrons. The Kier molecular flexibility index (Phi) is 9.56. The van der Waals surface area contributed by atoms with Gasteiger partial charge in [-0.15, -0.1) is 4.72 Å². The van der Waals surface area contributed by atoms with Gasteiger partial charge < -0.3 is 19.6 Å². The summed E-state index contributed by atoms with van der Waals surface area (Å²) in [6.07, 6.45) is -0.193. The molecule has 210 valence electrons. The maximum absolute atomic E-state index is 14.0. The monoisotopic (exact) mass is 556 g/mol. The van der Waals surface area contributed by atoms with Crippen molar-refractivity contribution in [3.8, 4) is 0 Å². The van der Waals surface area contributed by atoms with Gasteiger partial charge in [-0.1, -0.05) is 39.6 Å². The van der Waals surface area contributed by atoms with Crippen molar-refractivity contribution in [3.05, 3.63) is 29.6 Å². The van der Waals surface area contributed by atoms with Crippen molar-refractivity contribution in [2.24, 2.45) is 17.1 Å². The van der Waals surface area contributed by atoms with Crippen LogP contribution < -0.4 is 10.5 Å². The number of benzene rings is 1. The highest BCUT2D eigenvalue weighted by atomic mass is 32.2. The predicted molar refractivity (Wildman–Crippen MR) is 152 cm³/mol. The number of rotatable bonds is 13. The van der Waals surface area contributed by atoms with Crippen LogP contribution in [-0.2, 0) is 22.8 Å². The molecule has 2 aromatic rings. The summed E-state index contributed by atoms with van der Waals surface area (Å²) in [7, 11) is -1.29. The Bertz CT molecular complexity index is 1050. The van der Waals surface area contributed by atoms with Gasteiger partial charge in [0.15, 0.2) is 0 Å². The highest BCUT2D eigenvalue weighted by Gasteiger charge is 2.39. The molecule has 1 heterocycles. The van der Waals surface area contributed by atoms with Crippen molar-refractivity contribution in [2.75, 3.05) is 6.61 Å². The zero-order valence-corrected chi connectivity index (χ0v) is 25.6. The molecular weight excluding hydrogens is 510 g/mol. The lowest BCUT2D eigenvalue weighted by atomic mass is 9.86. The van der Waals surface area contributed by atoms with E-state index in [-0.39, 0.29) is 19.2 Å². The zero-order valence-electron chi connectivity index (χ0n) is 23.7. The van der Waals surface area contributed by atoms with E-state index in [9.17, 15) is 13.3 Å². The van der Waals surface area contributed by atoms with Crippen LogP contribution in [0.5, 0.6) is 0 Å². The summed E-state index contributed by atoms with van der Waals surface area (Å²) in [5, 5.41) is 0. The fraction of sp³-hybridized carbons (Fsp3) is 0.741. The molecule has 1 aliphatic rings. The molecule has 1 aliphatic carbocycles. The number of fused-ring (bicyclic) bond motifs is 1. The van der Waals surface area contributed by atoms with Gasteiger partial charge in [0.2, 0.25) is 6.43 Å². The molecule has 0 spiro atoms. The molecule has 0 aliphatic heterocycles. The number of nitrogens with zero attached hydrogens (tertiary/aromatic N) is 2. The number of nitrogens with two attached hydrogens (primary N) is 1. The van der Waals surface area contributed by atoms with Crippen LogP contribution in [0.15, 0.2) is 18.2 Å². The predicted octanol–water partition coefficient (Wildman–Crippen LogP) is 6.53. The number of hydrogen-bond acceptors (Lipinski definition) is 5. The minimum atomic E-state index is -2.53. The van der Waals surface area contributed by atoms with Crippen LogP contribution in [0.1, 0.15) is 77.4 Å². The second-order valence-corrected chi connectivity index (χ2v) is 21.0. The van der Waals surface area contributed by atoms with Gasteiger partial charge in [-0.25, -0.2) is 13.8 Å². The molecule has 1 aromatic carbocycles. The zero-order chi connectivity index (χ0) is 27.8. The van der Waals surface area contributed by atoms with Gasteiger partial charge in [0.1, 0.15) is 23.3 Å². The maximum atomic E-state index is 14.0. The number of halogens is 2. The second-order valence-electron chi connectivity index (χ2n) is 13.4. The van der Waals surface area contributed by atoms with E-state index < -0.39 is 42.1 Å². The number of hydrogen-bond donors (Lipinski definition) is 2. The van der Waals surface area contributed by atoms with E-state index in [1.54, 1.807) is 0 Å². The lowest BCUT2D eigenvalue weighted by Gasteiger charge is -2.32. The minimum Gasteiger partial charge on any atom is -0.598 e. The fourth-order valence-electron chi connectivity index (χ4n) is 4.14. The standard InChI is InChI=1S/C27H46F2N4O2SSi/c1-26(2,3)36(34)32-21(16-27(4,5)25(28)29)24-31-20-12-11-19(23(30)18-9-10-18)15-22(20)33(24)17-35-13-14-37(6,7)8/h11-12,15,18,21,23,25,32H,9-10,13-14,16-17,30H2,1-8H3/t21-,23+,36?/m0/s1. The molecule has 6 nitrogen and oxygen atoms in total. The molecule has 10 heteroatoms. The minimum absolute atomic E-state index is 0.0379. The average molecular weight is 557 g/mol. The first-order valence-corrected chi connectivity index (χ1v) is 18.1. The summed E-state index contributed by atoms with van der Waals surface area (Å²) in [6, 6.07) is 6.34. The smallest absolute Gasteiger partial charge is 0.243 e. The number of nitrogens with one attached hydrogen (secondary N) is 1. The normalized spacial score (nSPS) is 18.0. The Hall–Kier alpha value is -1.04.